The third-order valence-electron chi connectivity index (χ3n) is 5.68. The first-order chi connectivity index (χ1) is 15.6. The summed E-state index contributed by atoms with van der Waals surface area (Å²) in [5, 5.41) is 12.8. The first-order valence-corrected chi connectivity index (χ1v) is 11.4. The van der Waals surface area contributed by atoms with Crippen LogP contribution in [0.1, 0.15) is 24.5 Å². The van der Waals surface area contributed by atoms with E-state index >= 15 is 0 Å². The highest BCUT2D eigenvalue weighted by molar-refractivity contribution is 5.80. The number of guanidine groups is 1. The van der Waals surface area contributed by atoms with Gasteiger partial charge in [-0.15, -0.1) is 0 Å². The Morgan fingerprint density at radius 2 is 1.66 bits per heavy atom. The SMILES string of the molecule is CCNC(=NCCCc1ccc(O)cc1)N1CCN(Cc2ccc(OC)c(OC)c2)CC1. The first kappa shape index (κ1) is 23.7. The van der Waals surface area contributed by atoms with Gasteiger partial charge in [-0.1, -0.05) is 18.2 Å². The Morgan fingerprint density at radius 1 is 0.969 bits per heavy atom. The Hall–Kier alpha value is -2.93. The number of methoxy groups -OCH3 is 2. The van der Waals surface area contributed by atoms with E-state index < -0.39 is 0 Å². The lowest BCUT2D eigenvalue weighted by molar-refractivity contribution is 0.172. The largest absolute Gasteiger partial charge is 0.508 e. The molecule has 0 unspecified atom stereocenters. The number of aliphatic imine (C=N–C) groups is 1. The predicted molar refractivity (Wildman–Crippen MR) is 129 cm³/mol. The summed E-state index contributed by atoms with van der Waals surface area (Å²) in [6.45, 7) is 8.55. The Morgan fingerprint density at radius 3 is 2.31 bits per heavy atom. The number of hydrogen-bond donors (Lipinski definition) is 2. The fraction of sp³-hybridized carbons (Fsp3) is 0.480. The van der Waals surface area contributed by atoms with Gasteiger partial charge in [0.2, 0.25) is 0 Å². The van der Waals surface area contributed by atoms with Gasteiger partial charge in [0.1, 0.15) is 5.75 Å². The molecule has 2 aromatic rings. The third-order valence-corrected chi connectivity index (χ3v) is 5.68. The van der Waals surface area contributed by atoms with Crippen LogP contribution in [-0.4, -0.2) is 74.4 Å². The van der Waals surface area contributed by atoms with Crippen molar-refractivity contribution in [2.75, 3.05) is 53.5 Å². The van der Waals surface area contributed by atoms with Crippen molar-refractivity contribution in [2.24, 2.45) is 4.99 Å². The number of nitrogens with zero attached hydrogens (tertiary/aromatic N) is 3. The molecule has 0 atom stereocenters. The minimum absolute atomic E-state index is 0.312. The predicted octanol–water partition coefficient (Wildman–Crippen LogP) is 3.13. The molecular formula is C25H36N4O3. The highest BCUT2D eigenvalue weighted by atomic mass is 16.5. The second kappa shape index (κ2) is 12.2. The minimum Gasteiger partial charge on any atom is -0.508 e. The van der Waals surface area contributed by atoms with E-state index in [1.807, 2.05) is 18.2 Å². The molecule has 7 heteroatoms. The normalized spacial score (nSPS) is 15.0. The molecule has 0 bridgehead atoms. The molecule has 0 aromatic heterocycles. The molecular weight excluding hydrogens is 404 g/mol. The molecule has 1 aliphatic heterocycles. The van der Waals surface area contributed by atoms with Gasteiger partial charge in [0.05, 0.1) is 14.2 Å². The van der Waals surface area contributed by atoms with E-state index in [1.165, 1.54) is 11.1 Å². The van der Waals surface area contributed by atoms with Gasteiger partial charge in [0, 0.05) is 45.8 Å². The van der Waals surface area contributed by atoms with Crippen LogP contribution in [0.4, 0.5) is 0 Å². The van der Waals surface area contributed by atoms with E-state index in [9.17, 15) is 5.11 Å². The molecule has 0 saturated carbocycles. The molecule has 0 radical (unpaired) electrons. The summed E-state index contributed by atoms with van der Waals surface area (Å²) < 4.78 is 10.8. The molecule has 1 heterocycles. The van der Waals surface area contributed by atoms with Crippen LogP contribution in [0.15, 0.2) is 47.5 Å². The summed E-state index contributed by atoms with van der Waals surface area (Å²) >= 11 is 0. The van der Waals surface area contributed by atoms with Crippen molar-refractivity contribution in [3.63, 3.8) is 0 Å². The number of hydrogen-bond acceptors (Lipinski definition) is 5. The standard InChI is InChI=1S/C25H36N4O3/c1-4-26-25(27-13-5-6-20-7-10-22(30)11-8-20)29-16-14-28(15-17-29)19-21-9-12-23(31-2)24(18-21)32-3/h7-12,18,30H,4-6,13-17,19H2,1-3H3,(H,26,27). The molecule has 0 spiro atoms. The van der Waals surface area contributed by atoms with Crippen LogP contribution in [0.5, 0.6) is 17.2 Å². The molecule has 0 aliphatic carbocycles. The molecule has 2 N–H and O–H groups in total. The third kappa shape index (κ3) is 6.79. The topological polar surface area (TPSA) is 69.6 Å². The lowest BCUT2D eigenvalue weighted by Gasteiger charge is -2.36. The zero-order chi connectivity index (χ0) is 22.8. The van der Waals surface area contributed by atoms with Crippen LogP contribution in [0, 0.1) is 0 Å². The van der Waals surface area contributed by atoms with Gasteiger partial charge < -0.3 is 24.8 Å². The number of ether oxygens (including phenoxy) is 2. The second-order valence-corrected chi connectivity index (χ2v) is 7.96. The fourth-order valence-electron chi connectivity index (χ4n) is 3.91. The van der Waals surface area contributed by atoms with Crippen molar-refractivity contribution in [1.29, 1.82) is 0 Å². The van der Waals surface area contributed by atoms with E-state index in [4.69, 9.17) is 14.5 Å². The van der Waals surface area contributed by atoms with Gasteiger partial charge in [0.15, 0.2) is 17.5 Å². The quantitative estimate of drug-likeness (QED) is 0.355. The van der Waals surface area contributed by atoms with Crippen LogP contribution in [-0.2, 0) is 13.0 Å². The van der Waals surface area contributed by atoms with Crippen LogP contribution in [0.2, 0.25) is 0 Å². The summed E-state index contributed by atoms with van der Waals surface area (Å²) in [6, 6.07) is 13.6. The zero-order valence-electron chi connectivity index (χ0n) is 19.5. The fourth-order valence-corrected chi connectivity index (χ4v) is 3.91. The number of aryl methyl sites for hydroxylation is 1. The Labute approximate surface area is 191 Å². The number of rotatable bonds is 9. The van der Waals surface area contributed by atoms with Crippen LogP contribution >= 0.6 is 0 Å². The molecule has 2 aromatic carbocycles. The zero-order valence-corrected chi connectivity index (χ0v) is 19.5. The Kier molecular flexibility index (Phi) is 9.04. The summed E-state index contributed by atoms with van der Waals surface area (Å²) in [5.41, 5.74) is 2.46. The molecule has 1 fully saturated rings. The van der Waals surface area contributed by atoms with Gasteiger partial charge in [-0.25, -0.2) is 0 Å². The molecule has 0 amide bonds. The first-order valence-electron chi connectivity index (χ1n) is 11.4. The Bertz CT molecular complexity index is 862. The van der Waals surface area contributed by atoms with E-state index in [0.717, 1.165) is 76.1 Å². The molecule has 32 heavy (non-hydrogen) atoms. The number of piperazine rings is 1. The van der Waals surface area contributed by atoms with Crippen molar-refractivity contribution < 1.29 is 14.6 Å². The number of phenols is 1. The average molecular weight is 441 g/mol. The summed E-state index contributed by atoms with van der Waals surface area (Å²) in [5.74, 6) is 2.85. The van der Waals surface area contributed by atoms with E-state index in [0.29, 0.717) is 5.75 Å². The van der Waals surface area contributed by atoms with E-state index in [1.54, 1.807) is 26.4 Å². The molecule has 174 valence electrons. The molecule has 1 saturated heterocycles. The van der Waals surface area contributed by atoms with Gasteiger partial charge in [-0.05, 0) is 55.2 Å². The minimum atomic E-state index is 0.312. The highest BCUT2D eigenvalue weighted by Gasteiger charge is 2.20. The average Bonchev–Trinajstić information content (AvgIpc) is 2.82. The lowest BCUT2D eigenvalue weighted by atomic mass is 10.1. The monoisotopic (exact) mass is 440 g/mol. The number of phenolic OH excluding ortho intramolecular Hbond substituents is 1. The van der Waals surface area contributed by atoms with Gasteiger partial charge in [-0.2, -0.15) is 0 Å². The summed E-state index contributed by atoms with van der Waals surface area (Å²) in [7, 11) is 3.33. The van der Waals surface area contributed by atoms with Crippen molar-refractivity contribution >= 4 is 5.96 Å². The van der Waals surface area contributed by atoms with E-state index in [-0.39, 0.29) is 0 Å². The maximum absolute atomic E-state index is 9.40. The van der Waals surface area contributed by atoms with Crippen LogP contribution < -0.4 is 14.8 Å². The smallest absolute Gasteiger partial charge is 0.194 e. The van der Waals surface area contributed by atoms with Gasteiger partial charge >= 0.3 is 0 Å². The summed E-state index contributed by atoms with van der Waals surface area (Å²) in [6.07, 6.45) is 1.95. The van der Waals surface area contributed by atoms with Gasteiger partial charge in [0.25, 0.3) is 0 Å². The maximum Gasteiger partial charge on any atom is 0.194 e. The van der Waals surface area contributed by atoms with Gasteiger partial charge in [-0.3, -0.25) is 9.89 Å². The number of nitrogens with one attached hydrogen (secondary N) is 1. The highest BCUT2D eigenvalue weighted by Crippen LogP contribution is 2.28. The van der Waals surface area contributed by atoms with Crippen molar-refractivity contribution in [3.8, 4) is 17.2 Å². The summed E-state index contributed by atoms with van der Waals surface area (Å²) in [4.78, 5) is 9.67. The van der Waals surface area contributed by atoms with Crippen LogP contribution in [0.25, 0.3) is 0 Å². The van der Waals surface area contributed by atoms with Crippen LogP contribution in [0.3, 0.4) is 0 Å². The molecule has 1 aliphatic rings. The maximum atomic E-state index is 9.40. The van der Waals surface area contributed by atoms with Crippen molar-refractivity contribution in [2.45, 2.75) is 26.3 Å². The number of aromatic hydroxyl groups is 1. The Balaban J connectivity index is 1.48. The van der Waals surface area contributed by atoms with Crippen molar-refractivity contribution in [1.82, 2.24) is 15.1 Å². The second-order valence-electron chi connectivity index (χ2n) is 7.96. The van der Waals surface area contributed by atoms with E-state index in [2.05, 4.69) is 34.2 Å². The number of benzene rings is 2. The molecule has 7 nitrogen and oxygen atoms in total. The van der Waals surface area contributed by atoms with Crippen molar-refractivity contribution in [3.05, 3.63) is 53.6 Å². The lowest BCUT2D eigenvalue weighted by Crippen LogP contribution is -2.52. The molecule has 3 rings (SSSR count).